The van der Waals surface area contributed by atoms with Gasteiger partial charge in [-0.25, -0.2) is 0 Å². The number of carbonyl (C=O) groups excluding carboxylic acids is 1. The average molecular weight is 270 g/mol. The second-order valence-corrected chi connectivity index (χ2v) is 6.19. The van der Waals surface area contributed by atoms with Gasteiger partial charge in [-0.2, -0.15) is 0 Å². The number of methoxy groups -OCH3 is 1. The first-order valence-electron chi connectivity index (χ1n) is 7.49. The number of aryl methyl sites for hydroxylation is 1. The third-order valence-electron chi connectivity index (χ3n) is 5.26. The van der Waals surface area contributed by atoms with Crippen LogP contribution in [0.15, 0.2) is 29.8 Å². The third kappa shape index (κ3) is 1.81. The van der Waals surface area contributed by atoms with Gasteiger partial charge in [0.25, 0.3) is 0 Å². The van der Waals surface area contributed by atoms with E-state index < -0.39 is 0 Å². The van der Waals surface area contributed by atoms with Crippen LogP contribution >= 0.6 is 0 Å². The van der Waals surface area contributed by atoms with Crippen molar-refractivity contribution in [3.8, 4) is 5.75 Å². The molecule has 2 heteroatoms. The number of benzene rings is 1. The van der Waals surface area contributed by atoms with Crippen molar-refractivity contribution >= 4 is 5.78 Å². The topological polar surface area (TPSA) is 26.3 Å². The summed E-state index contributed by atoms with van der Waals surface area (Å²) in [4.78, 5) is 12.6. The zero-order valence-electron chi connectivity index (χ0n) is 12.5. The standard InChI is InChI=1S/C18H22O2/c1-4-18-8-7-13-11-14(20-3)5-6-15(13)16(18)9-12(2)10-17(18)19/h5-6,10-11,16H,4,7-9H2,1-3H3/t16-,18+/m0/s1. The minimum atomic E-state index is -0.166. The molecular weight excluding hydrogens is 248 g/mol. The number of carbonyl (C=O) groups is 1. The molecule has 3 rings (SSSR count). The molecule has 0 spiro atoms. The molecule has 1 aromatic rings. The van der Waals surface area contributed by atoms with Gasteiger partial charge < -0.3 is 4.74 Å². The minimum absolute atomic E-state index is 0.166. The Morgan fingerprint density at radius 1 is 1.40 bits per heavy atom. The first-order chi connectivity index (χ1) is 9.60. The van der Waals surface area contributed by atoms with Crippen molar-refractivity contribution < 1.29 is 9.53 Å². The molecule has 0 saturated heterocycles. The Morgan fingerprint density at radius 2 is 2.20 bits per heavy atom. The van der Waals surface area contributed by atoms with Gasteiger partial charge in [-0.05, 0) is 61.9 Å². The second-order valence-electron chi connectivity index (χ2n) is 6.19. The largest absolute Gasteiger partial charge is 0.497 e. The molecule has 0 saturated carbocycles. The quantitative estimate of drug-likeness (QED) is 0.810. The van der Waals surface area contributed by atoms with Gasteiger partial charge in [0.1, 0.15) is 5.75 Å². The highest BCUT2D eigenvalue weighted by atomic mass is 16.5. The minimum Gasteiger partial charge on any atom is -0.497 e. The van der Waals surface area contributed by atoms with Crippen LogP contribution in [0.2, 0.25) is 0 Å². The summed E-state index contributed by atoms with van der Waals surface area (Å²) in [5.74, 6) is 1.61. The summed E-state index contributed by atoms with van der Waals surface area (Å²) in [6.07, 6.45) is 5.78. The molecule has 2 atom stereocenters. The second kappa shape index (κ2) is 4.76. The summed E-state index contributed by atoms with van der Waals surface area (Å²) >= 11 is 0. The van der Waals surface area contributed by atoms with Crippen molar-refractivity contribution in [2.24, 2.45) is 5.41 Å². The summed E-state index contributed by atoms with van der Waals surface area (Å²) < 4.78 is 5.33. The van der Waals surface area contributed by atoms with Crippen molar-refractivity contribution in [2.45, 2.75) is 45.4 Å². The lowest BCUT2D eigenvalue weighted by Crippen LogP contribution is -2.42. The van der Waals surface area contributed by atoms with Crippen LogP contribution in [0.1, 0.15) is 50.2 Å². The van der Waals surface area contributed by atoms with E-state index in [1.165, 1.54) is 16.7 Å². The molecule has 1 aromatic carbocycles. The molecular formula is C18H22O2. The Morgan fingerprint density at radius 3 is 2.90 bits per heavy atom. The first kappa shape index (κ1) is 13.4. The Hall–Kier alpha value is -1.57. The number of hydrogen-bond donors (Lipinski definition) is 0. The monoisotopic (exact) mass is 270 g/mol. The van der Waals surface area contributed by atoms with Crippen molar-refractivity contribution in [3.05, 3.63) is 41.0 Å². The van der Waals surface area contributed by atoms with E-state index in [0.29, 0.717) is 11.7 Å². The van der Waals surface area contributed by atoms with E-state index >= 15 is 0 Å². The van der Waals surface area contributed by atoms with Gasteiger partial charge in [0.15, 0.2) is 5.78 Å². The maximum Gasteiger partial charge on any atom is 0.162 e. The summed E-state index contributed by atoms with van der Waals surface area (Å²) in [5, 5.41) is 0. The molecule has 2 aliphatic carbocycles. The van der Waals surface area contributed by atoms with Gasteiger partial charge in [-0.3, -0.25) is 4.79 Å². The van der Waals surface area contributed by atoms with E-state index in [-0.39, 0.29) is 5.41 Å². The van der Waals surface area contributed by atoms with Crippen molar-refractivity contribution in [3.63, 3.8) is 0 Å². The van der Waals surface area contributed by atoms with E-state index in [1.54, 1.807) is 7.11 Å². The highest BCUT2D eigenvalue weighted by Gasteiger charge is 2.48. The fraction of sp³-hybridized carbons (Fsp3) is 0.500. The van der Waals surface area contributed by atoms with Crippen molar-refractivity contribution in [1.82, 2.24) is 0 Å². The van der Waals surface area contributed by atoms with Crippen LogP contribution in [-0.4, -0.2) is 12.9 Å². The molecule has 0 aromatic heterocycles. The lowest BCUT2D eigenvalue weighted by Gasteiger charge is -2.45. The van der Waals surface area contributed by atoms with Crippen LogP contribution in [0.4, 0.5) is 0 Å². The van der Waals surface area contributed by atoms with Crippen LogP contribution in [0, 0.1) is 5.41 Å². The number of allylic oxidation sites excluding steroid dienone is 2. The van der Waals surface area contributed by atoms with Gasteiger partial charge in [-0.1, -0.05) is 18.6 Å². The Kier molecular flexibility index (Phi) is 3.19. The van der Waals surface area contributed by atoms with E-state index in [9.17, 15) is 4.79 Å². The molecule has 0 amide bonds. The predicted octanol–water partition coefficient (Wildman–Crippen LogP) is 4.04. The SMILES string of the molecule is CC[C@@]12CCc3cc(OC)ccc3[C@@H]1CC(C)=CC2=O. The van der Waals surface area contributed by atoms with Crippen LogP contribution in [0.25, 0.3) is 0 Å². The fourth-order valence-corrected chi connectivity index (χ4v) is 4.04. The van der Waals surface area contributed by atoms with E-state index in [2.05, 4.69) is 26.0 Å². The van der Waals surface area contributed by atoms with Crippen LogP contribution in [-0.2, 0) is 11.2 Å². The number of ether oxygens (including phenoxy) is 1. The molecule has 0 aliphatic heterocycles. The smallest absolute Gasteiger partial charge is 0.162 e. The van der Waals surface area contributed by atoms with Gasteiger partial charge in [-0.15, -0.1) is 0 Å². The molecule has 106 valence electrons. The van der Waals surface area contributed by atoms with Gasteiger partial charge in [0.05, 0.1) is 7.11 Å². The molecule has 0 bridgehead atoms. The molecule has 0 heterocycles. The zero-order valence-corrected chi connectivity index (χ0v) is 12.5. The van der Waals surface area contributed by atoms with E-state index in [1.807, 2.05) is 12.1 Å². The molecule has 0 unspecified atom stereocenters. The Labute approximate surface area is 120 Å². The van der Waals surface area contributed by atoms with Crippen LogP contribution < -0.4 is 4.74 Å². The predicted molar refractivity (Wildman–Crippen MR) is 80.2 cm³/mol. The lowest BCUT2D eigenvalue weighted by atomic mass is 9.56. The van der Waals surface area contributed by atoms with Gasteiger partial charge >= 0.3 is 0 Å². The average Bonchev–Trinajstić information content (AvgIpc) is 2.46. The summed E-state index contributed by atoms with van der Waals surface area (Å²) in [7, 11) is 1.71. The highest BCUT2D eigenvalue weighted by Crippen LogP contribution is 2.54. The Bertz CT molecular complexity index is 585. The molecule has 0 N–H and O–H groups in total. The van der Waals surface area contributed by atoms with E-state index in [0.717, 1.165) is 31.4 Å². The maximum absolute atomic E-state index is 12.6. The van der Waals surface area contributed by atoms with E-state index in [4.69, 9.17) is 4.74 Å². The van der Waals surface area contributed by atoms with Crippen LogP contribution in [0.3, 0.4) is 0 Å². The highest BCUT2D eigenvalue weighted by molar-refractivity contribution is 5.97. The summed E-state index contributed by atoms with van der Waals surface area (Å²) in [5.41, 5.74) is 3.77. The lowest BCUT2D eigenvalue weighted by molar-refractivity contribution is -0.127. The normalized spacial score (nSPS) is 28.4. The third-order valence-corrected chi connectivity index (χ3v) is 5.26. The zero-order chi connectivity index (χ0) is 14.3. The molecule has 0 fully saturated rings. The molecule has 0 radical (unpaired) electrons. The first-order valence-corrected chi connectivity index (χ1v) is 7.49. The van der Waals surface area contributed by atoms with Gasteiger partial charge in [0, 0.05) is 11.3 Å². The van der Waals surface area contributed by atoms with Crippen molar-refractivity contribution in [1.29, 1.82) is 0 Å². The Balaban J connectivity index is 2.11. The maximum atomic E-state index is 12.6. The van der Waals surface area contributed by atoms with Gasteiger partial charge in [0.2, 0.25) is 0 Å². The number of hydrogen-bond acceptors (Lipinski definition) is 2. The van der Waals surface area contributed by atoms with Crippen molar-refractivity contribution in [2.75, 3.05) is 7.11 Å². The fourth-order valence-electron chi connectivity index (χ4n) is 4.04. The molecule has 20 heavy (non-hydrogen) atoms. The summed E-state index contributed by atoms with van der Waals surface area (Å²) in [6, 6.07) is 6.35. The van der Waals surface area contributed by atoms with Crippen LogP contribution in [0.5, 0.6) is 5.75 Å². The molecule has 2 nitrogen and oxygen atoms in total. The summed E-state index contributed by atoms with van der Waals surface area (Å²) in [6.45, 7) is 4.24. The molecule has 2 aliphatic rings. The number of ketones is 1. The number of rotatable bonds is 2. The number of fused-ring (bicyclic) bond motifs is 3.